The van der Waals surface area contributed by atoms with E-state index in [-0.39, 0.29) is 40.0 Å². The van der Waals surface area contributed by atoms with Crippen LogP contribution in [0.3, 0.4) is 0 Å². The van der Waals surface area contributed by atoms with Crippen LogP contribution in [0.1, 0.15) is 86.7 Å². The number of halogens is 2. The molecule has 1 aliphatic carbocycles. The molecule has 9 rings (SSSR count). The van der Waals surface area contributed by atoms with Crippen LogP contribution in [0.4, 0.5) is 20.3 Å². The largest absolute Gasteiger partial charge is 0.398 e. The Morgan fingerprint density at radius 2 is 1.77 bits per heavy atom. The molecule has 0 amide bonds. The SMILES string of the molecule is C#Cc1c(F)ccc2cc(C)cc(-c3c(N)c(C=NC)c4c(N5C6CCC5CN(CC5CCC5)C6)nc(CCC56CCCN5CCC6)nc4c3F)c12. The van der Waals surface area contributed by atoms with Crippen molar-refractivity contribution in [2.75, 3.05) is 50.4 Å². The molecule has 5 heterocycles. The molecule has 2 unspecified atom stereocenters. The first kappa shape index (κ1) is 33.7. The maximum atomic E-state index is 17.8. The molecule has 9 heteroatoms. The molecule has 4 aliphatic heterocycles. The van der Waals surface area contributed by atoms with E-state index >= 15 is 8.78 Å². The first-order chi connectivity index (χ1) is 25.3. The number of nitrogen functional groups attached to an aromatic ring is 1. The Bertz CT molecular complexity index is 2130. The van der Waals surface area contributed by atoms with E-state index in [9.17, 15) is 0 Å². The van der Waals surface area contributed by atoms with Crippen molar-refractivity contribution >= 4 is 39.4 Å². The van der Waals surface area contributed by atoms with Crippen LogP contribution in [0.15, 0.2) is 29.3 Å². The number of benzene rings is 3. The summed E-state index contributed by atoms with van der Waals surface area (Å²) in [6, 6.07) is 7.42. The number of piperazine rings is 1. The topological polar surface area (TPSA) is 73.9 Å². The standard InChI is InChI=1S/C43H49F2N7/c1-4-31-34(44)13-10-28-20-26(2)21-32(36(28)31)37-39(45)41-38(33(22-47-3)40(37)46)42(49-35(48-41)14-17-43-15-6-18-51(43)19-7-16-43)52-29-11-12-30(52)25-50(24-29)23-27-8-5-9-27/h1,10,13,20-22,27,29-30H,5-9,11-12,14-19,23-25,46H2,2-3H3. The third kappa shape index (κ3) is 5.39. The molecular formula is C43H49F2N7. The molecule has 2 atom stereocenters. The molecule has 5 aliphatic rings. The lowest BCUT2D eigenvalue weighted by atomic mass is 9.85. The van der Waals surface area contributed by atoms with Gasteiger partial charge in [-0.05, 0) is 106 Å². The molecule has 270 valence electrons. The Labute approximate surface area is 305 Å². The highest BCUT2D eigenvalue weighted by atomic mass is 19.1. The quantitative estimate of drug-likeness (QED) is 0.116. The minimum absolute atomic E-state index is 0.0921. The lowest BCUT2D eigenvalue weighted by Gasteiger charge is -2.44. The molecule has 0 radical (unpaired) electrons. The highest BCUT2D eigenvalue weighted by Gasteiger charge is 2.45. The molecule has 4 saturated heterocycles. The van der Waals surface area contributed by atoms with Crippen LogP contribution in [0.2, 0.25) is 0 Å². The van der Waals surface area contributed by atoms with Crippen molar-refractivity contribution in [1.29, 1.82) is 0 Å². The van der Waals surface area contributed by atoms with Crippen LogP contribution in [-0.4, -0.2) is 83.4 Å². The predicted octanol–water partition coefficient (Wildman–Crippen LogP) is 7.66. The second kappa shape index (κ2) is 13.1. The molecule has 2 bridgehead atoms. The van der Waals surface area contributed by atoms with Crippen LogP contribution < -0.4 is 10.6 Å². The Balaban J connectivity index is 1.25. The van der Waals surface area contributed by atoms with Gasteiger partial charge in [-0.15, -0.1) is 6.42 Å². The summed E-state index contributed by atoms with van der Waals surface area (Å²) in [5.74, 6) is 3.75. The minimum atomic E-state index is -0.527. The lowest BCUT2D eigenvalue weighted by Crippen LogP contribution is -2.55. The molecule has 52 heavy (non-hydrogen) atoms. The molecule has 5 fully saturated rings. The molecule has 1 saturated carbocycles. The van der Waals surface area contributed by atoms with Crippen molar-refractivity contribution in [2.45, 2.75) is 95.2 Å². The Hall–Kier alpha value is -4.13. The zero-order valence-corrected chi connectivity index (χ0v) is 30.5. The van der Waals surface area contributed by atoms with Gasteiger partial charge in [-0.1, -0.05) is 30.5 Å². The van der Waals surface area contributed by atoms with Gasteiger partial charge in [-0.25, -0.2) is 18.7 Å². The smallest absolute Gasteiger partial charge is 0.159 e. The number of fused-ring (bicyclic) bond motifs is 5. The van der Waals surface area contributed by atoms with Gasteiger partial charge >= 0.3 is 0 Å². The van der Waals surface area contributed by atoms with E-state index in [0.29, 0.717) is 34.1 Å². The number of aryl methyl sites for hydroxylation is 2. The van der Waals surface area contributed by atoms with Crippen LogP contribution in [-0.2, 0) is 6.42 Å². The number of terminal acetylenes is 1. The van der Waals surface area contributed by atoms with Crippen molar-refractivity contribution in [3.8, 4) is 23.5 Å². The van der Waals surface area contributed by atoms with Crippen LogP contribution >= 0.6 is 0 Å². The number of aromatic nitrogens is 2. The summed E-state index contributed by atoms with van der Waals surface area (Å²) < 4.78 is 33.0. The summed E-state index contributed by atoms with van der Waals surface area (Å²) >= 11 is 0. The van der Waals surface area contributed by atoms with E-state index in [1.54, 1.807) is 19.3 Å². The van der Waals surface area contributed by atoms with Gasteiger partial charge < -0.3 is 10.6 Å². The third-order valence-electron chi connectivity index (χ3n) is 13.2. The van der Waals surface area contributed by atoms with Crippen molar-refractivity contribution < 1.29 is 8.78 Å². The zero-order valence-electron chi connectivity index (χ0n) is 30.5. The molecule has 7 nitrogen and oxygen atoms in total. The molecule has 3 aromatic carbocycles. The Morgan fingerprint density at radius 3 is 2.44 bits per heavy atom. The minimum Gasteiger partial charge on any atom is -0.398 e. The summed E-state index contributed by atoms with van der Waals surface area (Å²) in [5, 5.41) is 1.81. The summed E-state index contributed by atoms with van der Waals surface area (Å²) in [4.78, 5) is 22.8. The highest BCUT2D eigenvalue weighted by molar-refractivity contribution is 6.15. The normalized spacial score (nSPS) is 23.2. The predicted molar refractivity (Wildman–Crippen MR) is 207 cm³/mol. The van der Waals surface area contributed by atoms with Gasteiger partial charge in [-0.3, -0.25) is 14.8 Å². The third-order valence-corrected chi connectivity index (χ3v) is 13.2. The second-order valence-electron chi connectivity index (χ2n) is 16.3. The second-order valence-corrected chi connectivity index (χ2v) is 16.3. The van der Waals surface area contributed by atoms with E-state index in [4.69, 9.17) is 22.1 Å². The van der Waals surface area contributed by atoms with Gasteiger partial charge in [-0.2, -0.15) is 0 Å². The van der Waals surface area contributed by atoms with E-state index in [0.717, 1.165) is 68.1 Å². The van der Waals surface area contributed by atoms with Gasteiger partial charge in [0, 0.05) is 73.5 Å². The first-order valence-corrected chi connectivity index (χ1v) is 19.5. The summed E-state index contributed by atoms with van der Waals surface area (Å²) in [7, 11) is 1.70. The first-order valence-electron chi connectivity index (χ1n) is 19.5. The Morgan fingerprint density at radius 1 is 1.02 bits per heavy atom. The average Bonchev–Trinajstić information content (AvgIpc) is 3.78. The van der Waals surface area contributed by atoms with E-state index in [1.807, 2.05) is 19.1 Å². The fraction of sp³-hybridized carbons (Fsp3) is 0.512. The molecule has 1 aromatic heterocycles. The van der Waals surface area contributed by atoms with Gasteiger partial charge in [0.1, 0.15) is 23.0 Å². The maximum Gasteiger partial charge on any atom is 0.159 e. The molecule has 0 spiro atoms. The number of hydrogen-bond acceptors (Lipinski definition) is 7. The number of nitrogens with zero attached hydrogens (tertiary/aromatic N) is 6. The monoisotopic (exact) mass is 701 g/mol. The lowest BCUT2D eigenvalue weighted by molar-refractivity contribution is 0.150. The van der Waals surface area contributed by atoms with E-state index in [1.165, 1.54) is 57.6 Å². The van der Waals surface area contributed by atoms with Gasteiger partial charge in [0.2, 0.25) is 0 Å². The van der Waals surface area contributed by atoms with E-state index in [2.05, 4.69) is 25.6 Å². The number of rotatable bonds is 8. The van der Waals surface area contributed by atoms with Crippen molar-refractivity contribution in [3.05, 3.63) is 58.4 Å². The van der Waals surface area contributed by atoms with Gasteiger partial charge in [0.25, 0.3) is 0 Å². The number of aliphatic imine (C=N–C) groups is 1. The van der Waals surface area contributed by atoms with Crippen molar-refractivity contribution in [1.82, 2.24) is 19.8 Å². The van der Waals surface area contributed by atoms with Crippen molar-refractivity contribution in [2.24, 2.45) is 10.9 Å². The van der Waals surface area contributed by atoms with Crippen LogP contribution in [0, 0.1) is 36.8 Å². The van der Waals surface area contributed by atoms with Crippen LogP contribution in [0.25, 0.3) is 32.8 Å². The number of likely N-dealkylation sites (tertiary alicyclic amines) is 1. The molecular weight excluding hydrogens is 653 g/mol. The Kier molecular flexibility index (Phi) is 8.47. The summed E-state index contributed by atoms with van der Waals surface area (Å²) in [6.45, 7) is 7.38. The van der Waals surface area contributed by atoms with Crippen LogP contribution in [0.5, 0.6) is 0 Å². The zero-order chi connectivity index (χ0) is 35.7. The van der Waals surface area contributed by atoms with Crippen molar-refractivity contribution in [3.63, 3.8) is 0 Å². The maximum absolute atomic E-state index is 17.8. The number of nitrogens with two attached hydrogens (primary N) is 1. The fourth-order valence-electron chi connectivity index (χ4n) is 10.7. The summed E-state index contributed by atoms with van der Waals surface area (Å²) in [5.41, 5.74) is 9.97. The summed E-state index contributed by atoms with van der Waals surface area (Å²) in [6.07, 6.45) is 20.3. The average molecular weight is 702 g/mol. The molecule has 2 N–H and O–H groups in total. The fourth-order valence-corrected chi connectivity index (χ4v) is 10.7. The van der Waals surface area contributed by atoms with Gasteiger partial charge in [0.05, 0.1) is 16.6 Å². The number of anilines is 2. The number of hydrogen-bond donors (Lipinski definition) is 1. The van der Waals surface area contributed by atoms with Gasteiger partial charge in [0.15, 0.2) is 5.82 Å². The molecule has 4 aromatic rings. The highest BCUT2D eigenvalue weighted by Crippen LogP contribution is 2.47. The van der Waals surface area contributed by atoms with E-state index < -0.39 is 11.6 Å².